The molecule has 1 aromatic rings. The van der Waals surface area contributed by atoms with Gasteiger partial charge in [0, 0.05) is 25.6 Å². The van der Waals surface area contributed by atoms with Gasteiger partial charge in [0.25, 0.3) is 0 Å². The van der Waals surface area contributed by atoms with Crippen molar-refractivity contribution < 1.29 is 5.11 Å². The largest absolute Gasteiger partial charge is 0.396 e. The third-order valence-corrected chi connectivity index (χ3v) is 3.12. The van der Waals surface area contributed by atoms with Crippen molar-refractivity contribution in [2.75, 3.05) is 24.3 Å². The van der Waals surface area contributed by atoms with Crippen LogP contribution in [-0.2, 0) is 0 Å². The molecule has 0 aliphatic heterocycles. The first kappa shape index (κ1) is 11.1. The highest BCUT2D eigenvalue weighted by molar-refractivity contribution is 5.41. The highest BCUT2D eigenvalue weighted by Crippen LogP contribution is 2.27. The highest BCUT2D eigenvalue weighted by atomic mass is 16.3. The van der Waals surface area contributed by atoms with Gasteiger partial charge in [-0.15, -0.1) is 0 Å². The molecule has 0 amide bonds. The van der Waals surface area contributed by atoms with E-state index >= 15 is 0 Å². The van der Waals surface area contributed by atoms with Crippen LogP contribution in [0, 0.1) is 5.92 Å². The molecule has 1 aliphatic rings. The number of aliphatic hydroxyl groups is 1. The first-order chi connectivity index (χ1) is 7.83. The van der Waals surface area contributed by atoms with Gasteiger partial charge < -0.3 is 15.7 Å². The van der Waals surface area contributed by atoms with E-state index in [0.29, 0.717) is 12.0 Å². The third-order valence-electron chi connectivity index (χ3n) is 3.12. The number of nitrogens with one attached hydrogen (secondary N) is 2. The Kier molecular flexibility index (Phi) is 3.56. The average molecular weight is 222 g/mol. The Labute approximate surface area is 95.3 Å². The van der Waals surface area contributed by atoms with Crippen LogP contribution < -0.4 is 10.6 Å². The van der Waals surface area contributed by atoms with Crippen LogP contribution >= 0.6 is 0 Å². The molecular weight excluding hydrogens is 204 g/mol. The van der Waals surface area contributed by atoms with E-state index < -0.39 is 0 Å². The van der Waals surface area contributed by atoms with E-state index in [9.17, 15) is 5.11 Å². The van der Waals surface area contributed by atoms with Gasteiger partial charge in [-0.3, -0.25) is 4.98 Å². The molecule has 2 unspecified atom stereocenters. The van der Waals surface area contributed by atoms with E-state index in [-0.39, 0.29) is 6.61 Å². The molecule has 0 saturated heterocycles. The van der Waals surface area contributed by atoms with E-state index in [1.807, 2.05) is 7.05 Å². The summed E-state index contributed by atoms with van der Waals surface area (Å²) in [6.45, 7) is 0.247. The van der Waals surface area contributed by atoms with Gasteiger partial charge in [0.15, 0.2) is 0 Å². The van der Waals surface area contributed by atoms with E-state index in [1.54, 1.807) is 12.4 Å². The first-order valence-electron chi connectivity index (χ1n) is 5.70. The second-order valence-corrected chi connectivity index (χ2v) is 4.16. The fourth-order valence-corrected chi connectivity index (χ4v) is 2.19. The molecule has 0 aromatic carbocycles. The standard InChI is InChI=1S/C11H18N4O/c1-12-10-5-13-6-11(15-10)14-9-4-2-3-8(9)7-16/h5-6,8-9,16H,2-4,7H2,1H3,(H2,12,14,15). The van der Waals surface area contributed by atoms with Crippen molar-refractivity contribution in [2.45, 2.75) is 25.3 Å². The molecule has 0 spiro atoms. The van der Waals surface area contributed by atoms with Gasteiger partial charge in [0.05, 0.1) is 12.4 Å². The lowest BCUT2D eigenvalue weighted by molar-refractivity contribution is 0.222. The number of hydrogen-bond acceptors (Lipinski definition) is 5. The third kappa shape index (κ3) is 2.41. The predicted molar refractivity (Wildman–Crippen MR) is 63.4 cm³/mol. The molecule has 0 radical (unpaired) electrons. The molecule has 5 heteroatoms. The average Bonchev–Trinajstić information content (AvgIpc) is 2.76. The minimum absolute atomic E-state index is 0.247. The topological polar surface area (TPSA) is 70.1 Å². The second kappa shape index (κ2) is 5.12. The van der Waals surface area contributed by atoms with Gasteiger partial charge in [-0.2, -0.15) is 0 Å². The molecule has 88 valence electrons. The van der Waals surface area contributed by atoms with Crippen LogP contribution in [0.1, 0.15) is 19.3 Å². The van der Waals surface area contributed by atoms with Crippen molar-refractivity contribution in [1.82, 2.24) is 9.97 Å². The molecule has 16 heavy (non-hydrogen) atoms. The Hall–Kier alpha value is -1.36. The van der Waals surface area contributed by atoms with E-state index in [4.69, 9.17) is 0 Å². The van der Waals surface area contributed by atoms with Crippen LogP contribution in [0.5, 0.6) is 0 Å². The Balaban J connectivity index is 2.02. The highest BCUT2D eigenvalue weighted by Gasteiger charge is 2.26. The Morgan fingerprint density at radius 1 is 1.38 bits per heavy atom. The van der Waals surface area contributed by atoms with Gasteiger partial charge in [-0.25, -0.2) is 4.98 Å². The maximum Gasteiger partial charge on any atom is 0.147 e. The number of rotatable bonds is 4. The van der Waals surface area contributed by atoms with Crippen LogP contribution in [0.2, 0.25) is 0 Å². The smallest absolute Gasteiger partial charge is 0.147 e. The van der Waals surface area contributed by atoms with Crippen molar-refractivity contribution in [3.05, 3.63) is 12.4 Å². The Morgan fingerprint density at radius 3 is 2.94 bits per heavy atom. The minimum Gasteiger partial charge on any atom is -0.396 e. The lowest BCUT2D eigenvalue weighted by atomic mass is 10.1. The van der Waals surface area contributed by atoms with Gasteiger partial charge in [-0.05, 0) is 12.8 Å². The van der Waals surface area contributed by atoms with Crippen LogP contribution in [0.3, 0.4) is 0 Å². The van der Waals surface area contributed by atoms with Crippen molar-refractivity contribution in [3.63, 3.8) is 0 Å². The van der Waals surface area contributed by atoms with Crippen LogP contribution in [0.15, 0.2) is 12.4 Å². The van der Waals surface area contributed by atoms with Crippen molar-refractivity contribution in [1.29, 1.82) is 0 Å². The van der Waals surface area contributed by atoms with Gasteiger partial charge >= 0.3 is 0 Å². The molecule has 1 aliphatic carbocycles. The van der Waals surface area contributed by atoms with E-state index in [1.165, 1.54) is 6.42 Å². The zero-order chi connectivity index (χ0) is 11.4. The van der Waals surface area contributed by atoms with Crippen molar-refractivity contribution in [2.24, 2.45) is 5.92 Å². The molecule has 1 heterocycles. The number of aliphatic hydroxyl groups excluding tert-OH is 1. The van der Waals surface area contributed by atoms with Crippen LogP contribution in [-0.4, -0.2) is 34.8 Å². The maximum absolute atomic E-state index is 9.23. The maximum atomic E-state index is 9.23. The quantitative estimate of drug-likeness (QED) is 0.711. The second-order valence-electron chi connectivity index (χ2n) is 4.16. The van der Waals surface area contributed by atoms with Crippen molar-refractivity contribution in [3.8, 4) is 0 Å². The molecule has 2 rings (SSSR count). The molecule has 3 N–H and O–H groups in total. The molecular formula is C11H18N4O. The van der Waals surface area contributed by atoms with Gasteiger partial charge in [0.2, 0.25) is 0 Å². The van der Waals surface area contributed by atoms with Crippen molar-refractivity contribution >= 4 is 11.6 Å². The summed E-state index contributed by atoms with van der Waals surface area (Å²) >= 11 is 0. The SMILES string of the molecule is CNc1cncc(NC2CCCC2CO)n1. The van der Waals surface area contributed by atoms with Gasteiger partial charge in [0.1, 0.15) is 11.6 Å². The van der Waals surface area contributed by atoms with E-state index in [0.717, 1.165) is 24.5 Å². The first-order valence-corrected chi connectivity index (χ1v) is 5.70. The fraction of sp³-hybridized carbons (Fsp3) is 0.636. The summed E-state index contributed by atoms with van der Waals surface area (Å²) in [6.07, 6.45) is 6.75. The van der Waals surface area contributed by atoms with Crippen LogP contribution in [0.4, 0.5) is 11.6 Å². The zero-order valence-electron chi connectivity index (χ0n) is 9.48. The minimum atomic E-state index is 0.247. The molecule has 2 atom stereocenters. The monoisotopic (exact) mass is 222 g/mol. The number of aromatic nitrogens is 2. The molecule has 0 bridgehead atoms. The zero-order valence-corrected chi connectivity index (χ0v) is 9.48. The summed E-state index contributed by atoms with van der Waals surface area (Å²) < 4.78 is 0. The molecule has 5 nitrogen and oxygen atoms in total. The Bertz CT molecular complexity index is 345. The predicted octanol–water partition coefficient (Wildman–Crippen LogP) is 1.09. The van der Waals surface area contributed by atoms with E-state index in [2.05, 4.69) is 20.6 Å². The summed E-state index contributed by atoms with van der Waals surface area (Å²) in [7, 11) is 1.82. The lowest BCUT2D eigenvalue weighted by Crippen LogP contribution is -2.26. The summed E-state index contributed by atoms with van der Waals surface area (Å²) in [4.78, 5) is 8.46. The normalized spacial score (nSPS) is 24.4. The molecule has 1 saturated carbocycles. The number of hydrogen-bond donors (Lipinski definition) is 3. The fourth-order valence-electron chi connectivity index (χ4n) is 2.19. The summed E-state index contributed by atoms with van der Waals surface area (Å²) in [6, 6.07) is 0.325. The number of nitrogens with zero attached hydrogens (tertiary/aromatic N) is 2. The lowest BCUT2D eigenvalue weighted by Gasteiger charge is -2.19. The number of anilines is 2. The molecule has 1 aromatic heterocycles. The molecule has 1 fully saturated rings. The summed E-state index contributed by atoms with van der Waals surface area (Å²) in [5.41, 5.74) is 0. The van der Waals surface area contributed by atoms with Gasteiger partial charge in [-0.1, -0.05) is 6.42 Å². The van der Waals surface area contributed by atoms with Crippen LogP contribution in [0.25, 0.3) is 0 Å². The Morgan fingerprint density at radius 2 is 2.19 bits per heavy atom. The summed E-state index contributed by atoms with van der Waals surface area (Å²) in [5.74, 6) is 1.88. The summed E-state index contributed by atoms with van der Waals surface area (Å²) in [5, 5.41) is 15.5.